The Kier molecular flexibility index (Phi) is 3.15. The first kappa shape index (κ1) is 8.51. The third-order valence-electron chi connectivity index (χ3n) is 1.29. The fourth-order valence-corrected chi connectivity index (χ4v) is 2.91. The van der Waals surface area contributed by atoms with Gasteiger partial charge < -0.3 is 24.0 Å². The van der Waals surface area contributed by atoms with E-state index in [1.807, 2.05) is 0 Å². The molecule has 2 aromatic rings. The molecule has 10 heavy (non-hydrogen) atoms. The van der Waals surface area contributed by atoms with Gasteiger partial charge in [-0.15, -0.1) is 0 Å². The normalized spacial score (nSPS) is 9.20. The third kappa shape index (κ3) is 1.52. The molecule has 3 heteroatoms. The van der Waals surface area contributed by atoms with Gasteiger partial charge >= 0.3 is 62.8 Å². The summed E-state index contributed by atoms with van der Waals surface area (Å²) < 4.78 is 3.73. The van der Waals surface area contributed by atoms with E-state index in [0.717, 1.165) is 0 Å². The summed E-state index contributed by atoms with van der Waals surface area (Å²) in [5.41, 5.74) is 1.32. The predicted octanol–water partition coefficient (Wildman–Crippen LogP) is -2.29. The molecule has 1 N–H and O–H groups in total. The van der Waals surface area contributed by atoms with E-state index in [0.29, 0.717) is 0 Å². The summed E-state index contributed by atoms with van der Waals surface area (Å²) in [5.74, 6) is 0. The van der Waals surface area contributed by atoms with Gasteiger partial charge in [-0.1, -0.05) is 0 Å². The van der Waals surface area contributed by atoms with E-state index in [2.05, 4.69) is 33.5 Å². The number of fused-ring (bicyclic) bond motifs is 1. The van der Waals surface area contributed by atoms with Gasteiger partial charge in [-0.2, -0.15) is 0 Å². The first-order valence-corrected chi connectivity index (χ1v) is 5.32. The van der Waals surface area contributed by atoms with Crippen molar-refractivity contribution in [3.8, 4) is 0 Å². The average molecular weight is 359 g/mol. The molecular formula is C7H6INTe. The second kappa shape index (κ2) is 3.70. The van der Waals surface area contributed by atoms with Crippen molar-refractivity contribution < 1.29 is 29.0 Å². The number of hydrogen-bond donors (Lipinski definition) is 0. The van der Waals surface area contributed by atoms with Gasteiger partial charge in [0.1, 0.15) is 0 Å². The summed E-state index contributed by atoms with van der Waals surface area (Å²) in [5, 5.41) is 0. The number of aromatic nitrogens is 1. The van der Waals surface area contributed by atoms with Crippen LogP contribution in [0.25, 0.3) is 8.92 Å². The van der Waals surface area contributed by atoms with E-state index < -0.39 is 0 Å². The number of aromatic amines is 1. The Labute approximate surface area is 86.1 Å². The number of hydrogen-bond acceptors (Lipinski definition) is 0. The molecule has 0 spiro atoms. The molecular weight excluding hydrogens is 353 g/mol. The van der Waals surface area contributed by atoms with E-state index in [-0.39, 0.29) is 44.4 Å². The van der Waals surface area contributed by atoms with Crippen molar-refractivity contribution in [2.45, 2.75) is 0 Å². The van der Waals surface area contributed by atoms with Gasteiger partial charge in [0, 0.05) is 0 Å². The summed E-state index contributed by atoms with van der Waals surface area (Å²) in [6.07, 6.45) is 0. The molecule has 1 aromatic carbocycles. The van der Waals surface area contributed by atoms with Crippen LogP contribution < -0.4 is 29.0 Å². The molecule has 2 rings (SSSR count). The van der Waals surface area contributed by atoms with Gasteiger partial charge in [0.2, 0.25) is 0 Å². The van der Waals surface area contributed by atoms with Gasteiger partial charge in [0.15, 0.2) is 0 Å². The van der Waals surface area contributed by atoms with Crippen molar-refractivity contribution in [1.82, 2.24) is 0 Å². The number of halogens is 1. The zero-order chi connectivity index (χ0) is 6.10. The summed E-state index contributed by atoms with van der Waals surface area (Å²) in [6.45, 7) is 0. The van der Waals surface area contributed by atoms with Crippen LogP contribution in [0.4, 0.5) is 0 Å². The number of nitrogens with one attached hydrogen (secondary N) is 1. The molecule has 1 nitrogen and oxygen atoms in total. The molecule has 0 saturated carbocycles. The Hall–Kier alpha value is 0.410. The van der Waals surface area contributed by atoms with Crippen molar-refractivity contribution in [2.75, 3.05) is 0 Å². The van der Waals surface area contributed by atoms with Crippen LogP contribution in [0.5, 0.6) is 0 Å². The van der Waals surface area contributed by atoms with Crippen molar-refractivity contribution in [2.24, 2.45) is 0 Å². The minimum absolute atomic E-state index is 0. The Morgan fingerprint density at radius 1 is 1.20 bits per heavy atom. The van der Waals surface area contributed by atoms with E-state index in [1.54, 1.807) is 0 Å². The van der Waals surface area contributed by atoms with Crippen LogP contribution in [0.1, 0.15) is 0 Å². The molecule has 52 valence electrons. The summed E-state index contributed by atoms with van der Waals surface area (Å²) in [6, 6.07) is 8.50. The molecule has 0 atom stereocenters. The van der Waals surface area contributed by atoms with Gasteiger partial charge in [0.25, 0.3) is 0 Å². The van der Waals surface area contributed by atoms with Crippen LogP contribution in [0.3, 0.4) is 0 Å². The maximum atomic E-state index is 3.23. The monoisotopic (exact) mass is 361 g/mol. The minimum atomic E-state index is 0. The van der Waals surface area contributed by atoms with Gasteiger partial charge in [0.05, 0.1) is 0 Å². The molecule has 0 radical (unpaired) electrons. The molecule has 0 aliphatic heterocycles. The van der Waals surface area contributed by atoms with Crippen LogP contribution in [-0.2, 0) is 0 Å². The average Bonchev–Trinajstić information content (AvgIpc) is 2.33. The zero-order valence-electron chi connectivity index (χ0n) is 5.17. The Morgan fingerprint density at radius 2 is 2.00 bits per heavy atom. The topological polar surface area (TPSA) is 14.1 Å². The Balaban J connectivity index is 0.000000500. The van der Waals surface area contributed by atoms with Crippen LogP contribution in [0.2, 0.25) is 0 Å². The fraction of sp³-hybridized carbons (Fsp3) is 0. The zero-order valence-corrected chi connectivity index (χ0v) is 9.66. The van der Waals surface area contributed by atoms with Crippen LogP contribution >= 0.6 is 0 Å². The fourth-order valence-electron chi connectivity index (χ4n) is 0.845. The molecule has 0 aliphatic carbocycles. The van der Waals surface area contributed by atoms with Crippen molar-refractivity contribution >= 4 is 29.3 Å². The first-order chi connectivity index (χ1) is 4.47. The summed E-state index contributed by atoms with van der Waals surface area (Å²) in [7, 11) is 0. The second-order valence-corrected chi connectivity index (χ2v) is 4.48. The van der Waals surface area contributed by atoms with E-state index in [1.165, 1.54) is 8.92 Å². The number of para-hydroxylation sites is 1. The molecule has 0 aliphatic rings. The van der Waals surface area contributed by atoms with Crippen molar-refractivity contribution in [3.63, 3.8) is 0 Å². The Bertz CT molecular complexity index is 288. The van der Waals surface area contributed by atoms with Crippen LogP contribution in [0.15, 0.2) is 28.5 Å². The molecule has 0 saturated heterocycles. The van der Waals surface area contributed by atoms with Gasteiger partial charge in [-0.3, -0.25) is 0 Å². The molecule has 0 fully saturated rings. The number of rotatable bonds is 0. The van der Waals surface area contributed by atoms with Crippen LogP contribution in [-0.4, -0.2) is 20.4 Å². The van der Waals surface area contributed by atoms with Gasteiger partial charge in [-0.25, -0.2) is 0 Å². The van der Waals surface area contributed by atoms with E-state index in [4.69, 9.17) is 0 Å². The maximum absolute atomic E-state index is 3.23. The summed E-state index contributed by atoms with van der Waals surface area (Å²) in [4.78, 5) is 3.23. The van der Waals surface area contributed by atoms with E-state index in [9.17, 15) is 0 Å². The van der Waals surface area contributed by atoms with Crippen LogP contribution in [0, 0.1) is 0 Å². The predicted molar refractivity (Wildman–Crippen MR) is 37.4 cm³/mol. The van der Waals surface area contributed by atoms with E-state index >= 15 is 0 Å². The van der Waals surface area contributed by atoms with Crippen molar-refractivity contribution in [3.05, 3.63) is 28.5 Å². The second-order valence-electron chi connectivity index (χ2n) is 1.88. The molecule has 1 heterocycles. The van der Waals surface area contributed by atoms with Crippen molar-refractivity contribution in [1.29, 1.82) is 0 Å². The third-order valence-corrected chi connectivity index (χ3v) is 3.70. The Morgan fingerprint density at radius 3 is 2.80 bits per heavy atom. The molecule has 0 amide bonds. The molecule has 1 aromatic heterocycles. The summed E-state index contributed by atoms with van der Waals surface area (Å²) >= 11 is 0.0265. The quantitative estimate of drug-likeness (QED) is 0.372. The first-order valence-electron chi connectivity index (χ1n) is 2.81. The number of H-pyrrole nitrogens is 1. The molecule has 0 unspecified atom stereocenters. The number of benzene rings is 1. The standard InChI is InChI=1S/C7H5NTe.HI/c1-2-4-7-6(3-1)8-5-9-7;/h1-5H;1H. The molecule has 0 bridgehead atoms. The SMILES string of the molecule is [I-].c1ccc2[te]c[nH+]c2c1. The van der Waals surface area contributed by atoms with Gasteiger partial charge in [-0.05, 0) is 0 Å².